The van der Waals surface area contributed by atoms with Crippen LogP contribution in [0.25, 0.3) is 0 Å². The predicted molar refractivity (Wildman–Crippen MR) is 137 cm³/mol. The average molecular weight is 512 g/mol. The van der Waals surface area contributed by atoms with Gasteiger partial charge in [-0.3, -0.25) is 9.59 Å². The standard InChI is InChI=1S/C26H29N3O6S/c1-29(20-9-11-21(34-2)12-10-20)26(31)24(17-19-7-5-4-6-8-19)28-25(30)18-27-36(32,33)23-15-13-22(35-3)14-16-23/h4-16,24,27H,17-18H2,1-3H3,(H,28,30). The molecule has 10 heteroatoms. The molecule has 0 bridgehead atoms. The van der Waals surface area contributed by atoms with Gasteiger partial charge in [-0.05, 0) is 54.1 Å². The Hall–Kier alpha value is -3.89. The SMILES string of the molecule is COc1ccc(N(C)C(=O)C(Cc2ccccc2)NC(=O)CNS(=O)(=O)c2ccc(OC)cc2)cc1. The van der Waals surface area contributed by atoms with Crippen molar-refractivity contribution in [2.75, 3.05) is 32.7 Å². The molecule has 0 aliphatic carbocycles. The van der Waals surface area contributed by atoms with Gasteiger partial charge >= 0.3 is 0 Å². The van der Waals surface area contributed by atoms with Gasteiger partial charge in [0.05, 0.1) is 25.7 Å². The number of nitrogens with one attached hydrogen (secondary N) is 2. The summed E-state index contributed by atoms with van der Waals surface area (Å²) in [7, 11) is 0.708. The number of ether oxygens (including phenoxy) is 2. The number of anilines is 1. The summed E-state index contributed by atoms with van der Waals surface area (Å²) in [5, 5.41) is 2.68. The maximum atomic E-state index is 13.4. The maximum Gasteiger partial charge on any atom is 0.249 e. The van der Waals surface area contributed by atoms with Crippen LogP contribution in [-0.4, -0.2) is 54.1 Å². The number of likely N-dealkylation sites (N-methyl/N-ethyl adjacent to an activating group) is 1. The number of amides is 2. The minimum Gasteiger partial charge on any atom is -0.497 e. The fourth-order valence-electron chi connectivity index (χ4n) is 3.46. The highest BCUT2D eigenvalue weighted by molar-refractivity contribution is 7.89. The topological polar surface area (TPSA) is 114 Å². The van der Waals surface area contributed by atoms with E-state index in [0.29, 0.717) is 17.2 Å². The normalized spacial score (nSPS) is 11.9. The quantitative estimate of drug-likeness (QED) is 0.409. The molecule has 190 valence electrons. The average Bonchev–Trinajstić information content (AvgIpc) is 2.91. The van der Waals surface area contributed by atoms with Crippen LogP contribution < -0.4 is 24.4 Å². The summed E-state index contributed by atoms with van der Waals surface area (Å²) in [4.78, 5) is 27.5. The Bertz CT molecular complexity index is 1260. The summed E-state index contributed by atoms with van der Waals surface area (Å²) in [6.07, 6.45) is 0.233. The Morgan fingerprint density at radius 3 is 1.97 bits per heavy atom. The van der Waals surface area contributed by atoms with Gasteiger partial charge in [0.1, 0.15) is 17.5 Å². The lowest BCUT2D eigenvalue weighted by Gasteiger charge is -2.25. The van der Waals surface area contributed by atoms with Crippen LogP contribution in [0.1, 0.15) is 5.56 Å². The molecule has 0 spiro atoms. The van der Waals surface area contributed by atoms with Gasteiger partial charge in [-0.15, -0.1) is 0 Å². The number of hydrogen-bond acceptors (Lipinski definition) is 6. The van der Waals surface area contributed by atoms with Crippen molar-refractivity contribution >= 4 is 27.5 Å². The molecular formula is C26H29N3O6S. The molecule has 0 radical (unpaired) electrons. The second kappa shape index (κ2) is 12.2. The molecule has 36 heavy (non-hydrogen) atoms. The summed E-state index contributed by atoms with van der Waals surface area (Å²) in [5.74, 6) is 0.174. The van der Waals surface area contributed by atoms with Crippen molar-refractivity contribution in [2.45, 2.75) is 17.4 Å². The van der Waals surface area contributed by atoms with Crippen LogP contribution in [0.4, 0.5) is 5.69 Å². The Morgan fingerprint density at radius 2 is 1.42 bits per heavy atom. The van der Waals surface area contributed by atoms with E-state index in [1.54, 1.807) is 38.4 Å². The third-order valence-corrected chi connectivity index (χ3v) is 6.92. The number of rotatable bonds is 11. The van der Waals surface area contributed by atoms with E-state index >= 15 is 0 Å². The van der Waals surface area contributed by atoms with Crippen molar-refractivity contribution < 1.29 is 27.5 Å². The molecule has 3 aromatic carbocycles. The largest absolute Gasteiger partial charge is 0.497 e. The molecule has 1 unspecified atom stereocenters. The minimum atomic E-state index is -3.93. The van der Waals surface area contributed by atoms with Crippen molar-refractivity contribution in [3.8, 4) is 11.5 Å². The first-order chi connectivity index (χ1) is 17.2. The van der Waals surface area contributed by atoms with E-state index in [1.807, 2.05) is 30.3 Å². The highest BCUT2D eigenvalue weighted by atomic mass is 32.2. The Labute approximate surface area is 211 Å². The lowest BCUT2D eigenvalue weighted by molar-refractivity contribution is -0.126. The van der Waals surface area contributed by atoms with Crippen molar-refractivity contribution in [2.24, 2.45) is 0 Å². The van der Waals surface area contributed by atoms with Gasteiger partial charge in [0, 0.05) is 19.2 Å². The molecule has 2 N–H and O–H groups in total. The van der Waals surface area contributed by atoms with E-state index in [4.69, 9.17) is 9.47 Å². The predicted octanol–water partition coefficient (Wildman–Crippen LogP) is 2.37. The molecular weight excluding hydrogens is 482 g/mol. The lowest BCUT2D eigenvalue weighted by atomic mass is 10.0. The molecule has 0 aliphatic rings. The van der Waals surface area contributed by atoms with Gasteiger partial charge in [-0.2, -0.15) is 0 Å². The summed E-state index contributed by atoms with van der Waals surface area (Å²) < 4.78 is 37.6. The van der Waals surface area contributed by atoms with Gasteiger partial charge < -0.3 is 19.7 Å². The third-order valence-electron chi connectivity index (χ3n) is 5.50. The van der Waals surface area contributed by atoms with Gasteiger partial charge in [0.25, 0.3) is 0 Å². The zero-order valence-electron chi connectivity index (χ0n) is 20.3. The van der Waals surface area contributed by atoms with E-state index in [9.17, 15) is 18.0 Å². The molecule has 0 aromatic heterocycles. The summed E-state index contributed by atoms with van der Waals surface area (Å²) in [5.41, 5.74) is 1.46. The van der Waals surface area contributed by atoms with Gasteiger partial charge in [0.15, 0.2) is 0 Å². The summed E-state index contributed by atoms with van der Waals surface area (Å²) in [6.45, 7) is -0.529. The Kier molecular flexibility index (Phi) is 9.04. The van der Waals surface area contributed by atoms with Crippen LogP contribution in [0.15, 0.2) is 83.8 Å². The van der Waals surface area contributed by atoms with E-state index in [1.165, 1.54) is 36.3 Å². The molecule has 0 aliphatic heterocycles. The summed E-state index contributed by atoms with van der Waals surface area (Å²) >= 11 is 0. The zero-order valence-corrected chi connectivity index (χ0v) is 21.1. The van der Waals surface area contributed by atoms with Crippen LogP contribution >= 0.6 is 0 Å². The van der Waals surface area contributed by atoms with Crippen LogP contribution in [0.5, 0.6) is 11.5 Å². The van der Waals surface area contributed by atoms with Crippen molar-refractivity contribution in [1.82, 2.24) is 10.0 Å². The first-order valence-corrected chi connectivity index (χ1v) is 12.6. The number of hydrogen-bond donors (Lipinski definition) is 2. The smallest absolute Gasteiger partial charge is 0.249 e. The second-order valence-corrected chi connectivity index (χ2v) is 9.67. The summed E-state index contributed by atoms with van der Waals surface area (Å²) in [6, 6.07) is 21.1. The van der Waals surface area contributed by atoms with Gasteiger partial charge in [-0.25, -0.2) is 13.1 Å². The Balaban J connectivity index is 1.72. The van der Waals surface area contributed by atoms with Crippen molar-refractivity contribution in [1.29, 1.82) is 0 Å². The molecule has 1 atom stereocenters. The number of carbonyl (C=O) groups is 2. The number of nitrogens with zero attached hydrogens (tertiary/aromatic N) is 1. The first-order valence-electron chi connectivity index (χ1n) is 11.1. The lowest BCUT2D eigenvalue weighted by Crippen LogP contribution is -2.51. The highest BCUT2D eigenvalue weighted by Crippen LogP contribution is 2.19. The van der Waals surface area contributed by atoms with E-state index in [0.717, 1.165) is 5.56 Å². The molecule has 3 aromatic rings. The molecule has 0 heterocycles. The van der Waals surface area contributed by atoms with Crippen LogP contribution in [0.2, 0.25) is 0 Å². The molecule has 0 saturated carbocycles. The molecule has 3 rings (SSSR count). The number of carbonyl (C=O) groups excluding carboxylic acids is 2. The van der Waals surface area contributed by atoms with E-state index < -0.39 is 28.5 Å². The minimum absolute atomic E-state index is 0.00717. The Morgan fingerprint density at radius 1 is 0.861 bits per heavy atom. The van der Waals surface area contributed by atoms with E-state index in [-0.39, 0.29) is 17.2 Å². The van der Waals surface area contributed by atoms with E-state index in [2.05, 4.69) is 10.0 Å². The zero-order chi connectivity index (χ0) is 26.1. The molecule has 9 nitrogen and oxygen atoms in total. The number of sulfonamides is 1. The fraction of sp³-hybridized carbons (Fsp3) is 0.231. The van der Waals surface area contributed by atoms with Gasteiger partial charge in [-0.1, -0.05) is 30.3 Å². The number of methoxy groups -OCH3 is 2. The first kappa shape index (κ1) is 26.7. The molecule has 0 fully saturated rings. The monoisotopic (exact) mass is 511 g/mol. The van der Waals surface area contributed by atoms with Gasteiger partial charge in [0.2, 0.25) is 21.8 Å². The molecule has 0 saturated heterocycles. The fourth-order valence-corrected chi connectivity index (χ4v) is 4.44. The maximum absolute atomic E-state index is 13.4. The van der Waals surface area contributed by atoms with Crippen molar-refractivity contribution in [3.05, 3.63) is 84.4 Å². The molecule has 2 amide bonds. The van der Waals surface area contributed by atoms with Crippen LogP contribution in [0, 0.1) is 0 Å². The highest BCUT2D eigenvalue weighted by Gasteiger charge is 2.26. The van der Waals surface area contributed by atoms with Crippen LogP contribution in [-0.2, 0) is 26.0 Å². The number of benzene rings is 3. The second-order valence-electron chi connectivity index (χ2n) is 7.91. The van der Waals surface area contributed by atoms with Crippen LogP contribution in [0.3, 0.4) is 0 Å². The van der Waals surface area contributed by atoms with Crippen molar-refractivity contribution in [3.63, 3.8) is 0 Å². The third kappa shape index (κ3) is 7.06.